The molecule has 4 heteroatoms. The van der Waals surface area contributed by atoms with Gasteiger partial charge in [-0.05, 0) is 68.8 Å². The van der Waals surface area contributed by atoms with Crippen molar-refractivity contribution in [1.82, 2.24) is 10.2 Å². The Hall–Kier alpha value is -1.55. The number of benzene rings is 1. The highest BCUT2D eigenvalue weighted by Gasteiger charge is 2.26. The zero-order valence-corrected chi connectivity index (χ0v) is 14.8. The van der Waals surface area contributed by atoms with Crippen molar-refractivity contribution in [2.75, 3.05) is 26.2 Å². The lowest BCUT2D eigenvalue weighted by molar-refractivity contribution is 0.0705. The maximum absolute atomic E-state index is 12.6. The monoisotopic (exact) mass is 330 g/mol. The fourth-order valence-corrected chi connectivity index (χ4v) is 3.15. The Morgan fingerprint density at radius 2 is 1.88 bits per heavy atom. The first kappa shape index (κ1) is 17.3. The zero-order valence-electron chi connectivity index (χ0n) is 14.8. The molecule has 2 fully saturated rings. The summed E-state index contributed by atoms with van der Waals surface area (Å²) in [6.45, 7) is 5.77. The molecule has 24 heavy (non-hydrogen) atoms. The third kappa shape index (κ3) is 4.97. The third-order valence-corrected chi connectivity index (χ3v) is 5.04. The highest BCUT2D eigenvalue weighted by Crippen LogP contribution is 2.28. The van der Waals surface area contributed by atoms with Crippen molar-refractivity contribution in [2.45, 2.75) is 51.5 Å². The van der Waals surface area contributed by atoms with Gasteiger partial charge in [0.1, 0.15) is 5.75 Å². The number of nitrogens with one attached hydrogen (secondary N) is 1. The number of carbonyl (C=O) groups is 1. The molecule has 1 saturated heterocycles. The molecule has 1 aliphatic carbocycles. The largest absolute Gasteiger partial charge is 0.494 e. The average Bonchev–Trinajstić information content (AvgIpc) is 3.45. The van der Waals surface area contributed by atoms with Gasteiger partial charge in [0.15, 0.2) is 0 Å². The molecular formula is C20H30N2O2. The van der Waals surface area contributed by atoms with Gasteiger partial charge in [0.05, 0.1) is 6.61 Å². The summed E-state index contributed by atoms with van der Waals surface area (Å²) in [5.74, 6) is 1.92. The van der Waals surface area contributed by atoms with Gasteiger partial charge < -0.3 is 15.0 Å². The van der Waals surface area contributed by atoms with Crippen LogP contribution in [0.2, 0.25) is 0 Å². The number of likely N-dealkylation sites (tertiary alicyclic amines) is 1. The quantitative estimate of drug-likeness (QED) is 0.742. The SMILES string of the molecule is CCCCOc1ccc(C(=O)N2CCC(NCC3CC3)CC2)cc1. The predicted octanol–water partition coefficient (Wildman–Crippen LogP) is 3.47. The second kappa shape index (κ2) is 8.52. The number of piperidine rings is 1. The number of nitrogens with zero attached hydrogens (tertiary/aromatic N) is 1. The maximum Gasteiger partial charge on any atom is 0.253 e. The van der Waals surface area contributed by atoms with Crippen LogP contribution in [0.4, 0.5) is 0 Å². The minimum Gasteiger partial charge on any atom is -0.494 e. The van der Waals surface area contributed by atoms with E-state index in [0.717, 1.165) is 69.2 Å². The maximum atomic E-state index is 12.6. The second-order valence-corrected chi connectivity index (χ2v) is 7.14. The number of ether oxygens (including phenoxy) is 1. The lowest BCUT2D eigenvalue weighted by atomic mass is 10.0. The van der Waals surface area contributed by atoms with Crippen LogP contribution < -0.4 is 10.1 Å². The Morgan fingerprint density at radius 3 is 2.50 bits per heavy atom. The van der Waals surface area contributed by atoms with E-state index < -0.39 is 0 Å². The van der Waals surface area contributed by atoms with Gasteiger partial charge >= 0.3 is 0 Å². The van der Waals surface area contributed by atoms with E-state index in [1.165, 1.54) is 12.8 Å². The van der Waals surface area contributed by atoms with Crippen LogP contribution in [0.15, 0.2) is 24.3 Å². The van der Waals surface area contributed by atoms with Crippen molar-refractivity contribution in [3.8, 4) is 5.75 Å². The summed E-state index contributed by atoms with van der Waals surface area (Å²) in [4.78, 5) is 14.6. The normalized spacial score (nSPS) is 18.6. The molecule has 1 N–H and O–H groups in total. The van der Waals surface area contributed by atoms with Gasteiger partial charge in [0, 0.05) is 24.7 Å². The number of rotatable bonds is 8. The van der Waals surface area contributed by atoms with Crippen LogP contribution in [-0.4, -0.2) is 43.1 Å². The van der Waals surface area contributed by atoms with Crippen LogP contribution in [-0.2, 0) is 0 Å². The van der Waals surface area contributed by atoms with E-state index >= 15 is 0 Å². The Morgan fingerprint density at radius 1 is 1.17 bits per heavy atom. The standard InChI is InChI=1S/C20H30N2O2/c1-2-3-14-24-19-8-6-17(7-9-19)20(23)22-12-10-18(11-13-22)21-15-16-4-5-16/h6-9,16,18,21H,2-5,10-15H2,1H3. The van der Waals surface area contributed by atoms with Gasteiger partial charge in [-0.2, -0.15) is 0 Å². The fourth-order valence-electron chi connectivity index (χ4n) is 3.15. The summed E-state index contributed by atoms with van der Waals surface area (Å²) in [6.07, 6.45) is 7.10. The summed E-state index contributed by atoms with van der Waals surface area (Å²) in [6, 6.07) is 8.19. The van der Waals surface area contributed by atoms with E-state index in [-0.39, 0.29) is 5.91 Å². The summed E-state index contributed by atoms with van der Waals surface area (Å²) in [5, 5.41) is 3.66. The molecule has 132 valence electrons. The van der Waals surface area contributed by atoms with Crippen molar-refractivity contribution in [1.29, 1.82) is 0 Å². The molecule has 1 amide bonds. The van der Waals surface area contributed by atoms with Crippen molar-refractivity contribution in [3.63, 3.8) is 0 Å². The molecule has 0 aromatic heterocycles. The van der Waals surface area contributed by atoms with Gasteiger partial charge in [-0.1, -0.05) is 13.3 Å². The third-order valence-electron chi connectivity index (χ3n) is 5.04. The average molecular weight is 330 g/mol. The minimum atomic E-state index is 0.149. The van der Waals surface area contributed by atoms with Crippen LogP contribution in [0.5, 0.6) is 5.75 Å². The van der Waals surface area contributed by atoms with Crippen LogP contribution in [0.1, 0.15) is 55.8 Å². The van der Waals surface area contributed by atoms with Gasteiger partial charge in [0.25, 0.3) is 5.91 Å². The molecule has 0 spiro atoms. The molecule has 1 saturated carbocycles. The molecule has 0 unspecified atom stereocenters. The van der Waals surface area contributed by atoms with Crippen molar-refractivity contribution in [2.24, 2.45) is 5.92 Å². The van der Waals surface area contributed by atoms with Gasteiger partial charge in [-0.3, -0.25) is 4.79 Å². The number of amides is 1. The first-order valence-electron chi connectivity index (χ1n) is 9.51. The van der Waals surface area contributed by atoms with Crippen LogP contribution in [0.3, 0.4) is 0 Å². The topological polar surface area (TPSA) is 41.6 Å². The van der Waals surface area contributed by atoms with E-state index in [0.29, 0.717) is 6.04 Å². The highest BCUT2D eigenvalue weighted by atomic mass is 16.5. The van der Waals surface area contributed by atoms with Crippen LogP contribution >= 0.6 is 0 Å². The van der Waals surface area contributed by atoms with E-state index in [2.05, 4.69) is 12.2 Å². The Kier molecular flexibility index (Phi) is 6.13. The molecular weight excluding hydrogens is 300 g/mol. The highest BCUT2D eigenvalue weighted by molar-refractivity contribution is 5.94. The van der Waals surface area contributed by atoms with Crippen LogP contribution in [0.25, 0.3) is 0 Å². The molecule has 0 atom stereocenters. The molecule has 0 bridgehead atoms. The Labute approximate surface area is 145 Å². The summed E-state index contributed by atoms with van der Waals surface area (Å²) in [5.41, 5.74) is 0.766. The summed E-state index contributed by atoms with van der Waals surface area (Å²) < 4.78 is 5.66. The van der Waals surface area contributed by atoms with Gasteiger partial charge in [-0.25, -0.2) is 0 Å². The number of hydrogen-bond acceptors (Lipinski definition) is 3. The lowest BCUT2D eigenvalue weighted by Gasteiger charge is -2.32. The first-order chi connectivity index (χ1) is 11.8. The number of hydrogen-bond donors (Lipinski definition) is 1. The smallest absolute Gasteiger partial charge is 0.253 e. The zero-order chi connectivity index (χ0) is 16.8. The molecule has 1 aliphatic heterocycles. The second-order valence-electron chi connectivity index (χ2n) is 7.14. The van der Waals surface area contributed by atoms with E-state index in [9.17, 15) is 4.79 Å². The van der Waals surface area contributed by atoms with Crippen LogP contribution in [0, 0.1) is 5.92 Å². The summed E-state index contributed by atoms with van der Waals surface area (Å²) in [7, 11) is 0. The predicted molar refractivity (Wildman–Crippen MR) is 96.5 cm³/mol. The first-order valence-corrected chi connectivity index (χ1v) is 9.51. The molecule has 0 radical (unpaired) electrons. The fraction of sp³-hybridized carbons (Fsp3) is 0.650. The molecule has 1 aromatic rings. The van der Waals surface area contributed by atoms with Crippen molar-refractivity contribution >= 4 is 5.91 Å². The Bertz CT molecular complexity index is 517. The molecule has 1 aromatic carbocycles. The number of unbranched alkanes of at least 4 members (excludes halogenated alkanes) is 1. The van der Waals surface area contributed by atoms with Crippen molar-refractivity contribution in [3.05, 3.63) is 29.8 Å². The molecule has 4 nitrogen and oxygen atoms in total. The number of carbonyl (C=O) groups excluding carboxylic acids is 1. The Balaban J connectivity index is 1.44. The minimum absolute atomic E-state index is 0.149. The molecule has 2 aliphatic rings. The van der Waals surface area contributed by atoms with Gasteiger partial charge in [-0.15, -0.1) is 0 Å². The lowest BCUT2D eigenvalue weighted by Crippen LogP contribution is -2.45. The van der Waals surface area contributed by atoms with E-state index in [1.807, 2.05) is 29.2 Å². The van der Waals surface area contributed by atoms with E-state index in [1.54, 1.807) is 0 Å². The van der Waals surface area contributed by atoms with E-state index in [4.69, 9.17) is 4.74 Å². The van der Waals surface area contributed by atoms with Gasteiger partial charge in [0.2, 0.25) is 0 Å². The summed E-state index contributed by atoms with van der Waals surface area (Å²) >= 11 is 0. The molecule has 3 rings (SSSR count). The van der Waals surface area contributed by atoms with Crippen molar-refractivity contribution < 1.29 is 9.53 Å². The molecule has 1 heterocycles.